The molecule has 0 unspecified atom stereocenters. The van der Waals surface area contributed by atoms with E-state index in [9.17, 15) is 0 Å². The fraction of sp³-hybridized carbons (Fsp3) is 0.308. The van der Waals surface area contributed by atoms with Crippen LogP contribution in [0.2, 0.25) is 0 Å². The second-order valence-electron chi connectivity index (χ2n) is 8.26. The van der Waals surface area contributed by atoms with Gasteiger partial charge in [-0.1, -0.05) is 24.3 Å². The second kappa shape index (κ2) is 9.67. The van der Waals surface area contributed by atoms with Crippen LogP contribution in [0.3, 0.4) is 0 Å². The zero-order chi connectivity index (χ0) is 21.8. The first-order valence-electron chi connectivity index (χ1n) is 11.2. The number of methoxy groups -OCH3 is 1. The molecule has 0 spiro atoms. The number of piperidine rings is 1. The van der Waals surface area contributed by atoms with Gasteiger partial charge in [-0.2, -0.15) is 0 Å². The highest BCUT2D eigenvalue weighted by Gasteiger charge is 2.25. The van der Waals surface area contributed by atoms with Gasteiger partial charge in [-0.3, -0.25) is 4.90 Å². The SMILES string of the molecule is COc1cccc(-c2cnc(C3=CCNC=C3)nc2C2CCN(Cc3cccs3)CC2)c1. The van der Waals surface area contributed by atoms with Gasteiger partial charge in [0.25, 0.3) is 0 Å². The lowest BCUT2D eigenvalue weighted by Gasteiger charge is -2.32. The Morgan fingerprint density at radius 1 is 1.19 bits per heavy atom. The van der Waals surface area contributed by atoms with E-state index >= 15 is 0 Å². The van der Waals surface area contributed by atoms with Gasteiger partial charge in [0, 0.05) is 41.2 Å². The first kappa shape index (κ1) is 20.9. The number of ether oxygens (including phenoxy) is 1. The van der Waals surface area contributed by atoms with Crippen LogP contribution in [0.5, 0.6) is 5.75 Å². The number of likely N-dealkylation sites (tertiary alicyclic amines) is 1. The van der Waals surface area contributed by atoms with Crippen LogP contribution in [0.25, 0.3) is 16.7 Å². The van der Waals surface area contributed by atoms with Crippen molar-refractivity contribution in [2.45, 2.75) is 25.3 Å². The summed E-state index contributed by atoms with van der Waals surface area (Å²) in [7, 11) is 1.71. The summed E-state index contributed by atoms with van der Waals surface area (Å²) in [6, 6.07) is 12.6. The molecule has 164 valence electrons. The van der Waals surface area contributed by atoms with Gasteiger partial charge < -0.3 is 10.1 Å². The minimum Gasteiger partial charge on any atom is -0.497 e. The topological polar surface area (TPSA) is 50.3 Å². The van der Waals surface area contributed by atoms with Crippen molar-refractivity contribution < 1.29 is 4.74 Å². The maximum Gasteiger partial charge on any atom is 0.159 e. The highest BCUT2D eigenvalue weighted by molar-refractivity contribution is 7.09. The molecule has 2 aliphatic rings. The second-order valence-corrected chi connectivity index (χ2v) is 9.29. The van der Waals surface area contributed by atoms with Crippen molar-refractivity contribution in [2.24, 2.45) is 0 Å². The molecule has 1 saturated heterocycles. The normalized spacial score (nSPS) is 17.1. The largest absolute Gasteiger partial charge is 0.497 e. The van der Waals surface area contributed by atoms with E-state index in [0.717, 1.165) is 73.0 Å². The third-order valence-electron chi connectivity index (χ3n) is 6.21. The minimum absolute atomic E-state index is 0.420. The van der Waals surface area contributed by atoms with Crippen LogP contribution in [0, 0.1) is 0 Å². The van der Waals surface area contributed by atoms with Crippen LogP contribution in [0.1, 0.15) is 35.2 Å². The fourth-order valence-electron chi connectivity index (χ4n) is 4.47. The predicted octanol–water partition coefficient (Wildman–Crippen LogP) is 5.09. The number of hydrogen-bond acceptors (Lipinski definition) is 6. The van der Waals surface area contributed by atoms with E-state index in [1.165, 1.54) is 4.88 Å². The van der Waals surface area contributed by atoms with Crippen LogP contribution in [-0.2, 0) is 6.54 Å². The van der Waals surface area contributed by atoms with Gasteiger partial charge in [-0.25, -0.2) is 9.97 Å². The predicted molar refractivity (Wildman–Crippen MR) is 131 cm³/mol. The van der Waals surface area contributed by atoms with E-state index in [1.54, 1.807) is 7.11 Å². The quantitative estimate of drug-likeness (QED) is 0.574. The number of benzene rings is 1. The molecule has 5 rings (SSSR count). The summed E-state index contributed by atoms with van der Waals surface area (Å²) in [4.78, 5) is 13.9. The Morgan fingerprint density at radius 3 is 2.84 bits per heavy atom. The van der Waals surface area contributed by atoms with Crippen LogP contribution in [0.4, 0.5) is 0 Å². The van der Waals surface area contributed by atoms with Gasteiger partial charge >= 0.3 is 0 Å². The van der Waals surface area contributed by atoms with Crippen molar-refractivity contribution in [1.29, 1.82) is 0 Å². The monoisotopic (exact) mass is 444 g/mol. The van der Waals surface area contributed by atoms with Crippen LogP contribution in [0.15, 0.2) is 66.3 Å². The summed E-state index contributed by atoms with van der Waals surface area (Å²) in [5.74, 6) is 2.08. The van der Waals surface area contributed by atoms with E-state index in [1.807, 2.05) is 35.9 Å². The Kier molecular flexibility index (Phi) is 6.32. The molecule has 1 N–H and O–H groups in total. The number of aromatic nitrogens is 2. The molecule has 0 saturated carbocycles. The molecule has 0 aliphatic carbocycles. The van der Waals surface area contributed by atoms with Crippen LogP contribution >= 0.6 is 11.3 Å². The van der Waals surface area contributed by atoms with E-state index in [-0.39, 0.29) is 0 Å². The third kappa shape index (κ3) is 4.61. The molecule has 0 atom stereocenters. The number of nitrogens with one attached hydrogen (secondary N) is 1. The highest BCUT2D eigenvalue weighted by Crippen LogP contribution is 2.36. The van der Waals surface area contributed by atoms with Crippen molar-refractivity contribution in [2.75, 3.05) is 26.7 Å². The number of hydrogen-bond donors (Lipinski definition) is 1. The molecular formula is C26H28N4OS. The standard InChI is InChI=1S/C26H28N4OS/c1-31-22-5-2-4-21(16-22)24-17-28-26(20-7-11-27-12-8-20)29-25(24)19-9-13-30(14-10-19)18-23-6-3-15-32-23/h2-8,11,15-17,19,27H,9-10,12-14,18H2,1H3. The molecule has 6 heteroatoms. The minimum atomic E-state index is 0.420. The van der Waals surface area contributed by atoms with Gasteiger partial charge in [-0.15, -0.1) is 11.3 Å². The number of allylic oxidation sites excluding steroid dienone is 2. The molecule has 1 fully saturated rings. The Balaban J connectivity index is 1.44. The summed E-state index contributed by atoms with van der Waals surface area (Å²) in [5, 5.41) is 5.37. The van der Waals surface area contributed by atoms with Gasteiger partial charge in [0.2, 0.25) is 0 Å². The zero-order valence-corrected chi connectivity index (χ0v) is 19.1. The number of rotatable bonds is 6. The van der Waals surface area contributed by atoms with E-state index in [4.69, 9.17) is 14.7 Å². The molecule has 5 nitrogen and oxygen atoms in total. The lowest BCUT2D eigenvalue weighted by molar-refractivity contribution is 0.205. The lowest BCUT2D eigenvalue weighted by atomic mass is 9.88. The molecule has 2 aliphatic heterocycles. The fourth-order valence-corrected chi connectivity index (χ4v) is 5.21. The van der Waals surface area contributed by atoms with Crippen LogP contribution in [-0.4, -0.2) is 41.6 Å². The average Bonchev–Trinajstić information content (AvgIpc) is 3.38. The van der Waals surface area contributed by atoms with E-state index in [0.29, 0.717) is 5.92 Å². The average molecular weight is 445 g/mol. The van der Waals surface area contributed by atoms with Crippen molar-refractivity contribution in [3.05, 3.63) is 82.7 Å². The molecule has 0 amide bonds. The number of thiophene rings is 1. The first-order valence-corrected chi connectivity index (χ1v) is 12.0. The molecular weight excluding hydrogens is 416 g/mol. The number of dihydropyridines is 1. The van der Waals surface area contributed by atoms with Crippen LogP contribution < -0.4 is 10.1 Å². The molecule has 4 heterocycles. The smallest absolute Gasteiger partial charge is 0.159 e. The van der Waals surface area contributed by atoms with Gasteiger partial charge in [0.05, 0.1) is 12.8 Å². The highest BCUT2D eigenvalue weighted by atomic mass is 32.1. The van der Waals surface area contributed by atoms with Gasteiger partial charge in [0.15, 0.2) is 5.82 Å². The summed E-state index contributed by atoms with van der Waals surface area (Å²) >= 11 is 1.84. The summed E-state index contributed by atoms with van der Waals surface area (Å²) in [6.45, 7) is 4.04. The Morgan fingerprint density at radius 2 is 2.09 bits per heavy atom. The molecule has 3 aromatic rings. The Hall–Kier alpha value is -2.96. The summed E-state index contributed by atoms with van der Waals surface area (Å²) in [5.41, 5.74) is 4.47. The zero-order valence-electron chi connectivity index (χ0n) is 18.3. The third-order valence-corrected chi connectivity index (χ3v) is 7.07. The molecule has 0 bridgehead atoms. The Bertz CT molecular complexity index is 1110. The maximum absolute atomic E-state index is 5.47. The van der Waals surface area contributed by atoms with Gasteiger partial charge in [0.1, 0.15) is 5.75 Å². The summed E-state index contributed by atoms with van der Waals surface area (Å²) in [6.07, 6.45) is 10.4. The molecule has 1 aromatic carbocycles. The van der Waals surface area contributed by atoms with Gasteiger partial charge in [-0.05, 0) is 67.3 Å². The van der Waals surface area contributed by atoms with Crippen molar-refractivity contribution in [1.82, 2.24) is 20.2 Å². The Labute approximate surface area is 193 Å². The first-order chi connectivity index (χ1) is 15.8. The molecule has 2 aromatic heterocycles. The maximum atomic E-state index is 5.47. The van der Waals surface area contributed by atoms with Crippen molar-refractivity contribution in [3.63, 3.8) is 0 Å². The molecule has 32 heavy (non-hydrogen) atoms. The van der Waals surface area contributed by atoms with Crippen molar-refractivity contribution in [3.8, 4) is 16.9 Å². The number of nitrogens with zero attached hydrogens (tertiary/aromatic N) is 3. The van der Waals surface area contributed by atoms with Crippen molar-refractivity contribution >= 4 is 16.9 Å². The van der Waals surface area contributed by atoms with E-state index < -0.39 is 0 Å². The molecule has 0 radical (unpaired) electrons. The summed E-state index contributed by atoms with van der Waals surface area (Å²) < 4.78 is 5.47. The lowest BCUT2D eigenvalue weighted by Crippen LogP contribution is -2.32. The van der Waals surface area contributed by atoms with E-state index in [2.05, 4.69) is 52.0 Å².